The first-order valence-electron chi connectivity index (χ1n) is 10.6. The van der Waals surface area contributed by atoms with Crippen LogP contribution in [0.4, 0.5) is 0 Å². The Kier molecular flexibility index (Phi) is 5.28. The van der Waals surface area contributed by atoms with E-state index in [-0.39, 0.29) is 11.3 Å². The number of nitrogens with one attached hydrogen (secondary N) is 1. The van der Waals surface area contributed by atoms with Gasteiger partial charge in [0, 0.05) is 23.7 Å². The Balaban J connectivity index is 1.54. The molecule has 1 saturated carbocycles. The molecule has 0 spiro atoms. The quantitative estimate of drug-likeness (QED) is 0.787. The van der Waals surface area contributed by atoms with Crippen molar-refractivity contribution in [3.8, 4) is 11.5 Å². The number of hydrogen-bond acceptors (Lipinski definition) is 3. The highest BCUT2D eigenvalue weighted by atomic mass is 16.5. The highest BCUT2D eigenvalue weighted by Crippen LogP contribution is 2.52. The van der Waals surface area contributed by atoms with Gasteiger partial charge in [0.25, 0.3) is 5.91 Å². The summed E-state index contributed by atoms with van der Waals surface area (Å²) in [5.74, 6) is 2.86. The van der Waals surface area contributed by atoms with Crippen LogP contribution in [0, 0.1) is 11.8 Å². The predicted octanol–water partition coefficient (Wildman–Crippen LogP) is 4.88. The van der Waals surface area contributed by atoms with Crippen LogP contribution < -0.4 is 14.8 Å². The van der Waals surface area contributed by atoms with Crippen molar-refractivity contribution in [3.63, 3.8) is 0 Å². The second-order valence-corrected chi connectivity index (χ2v) is 8.79. The van der Waals surface area contributed by atoms with Crippen LogP contribution in [0.1, 0.15) is 60.2 Å². The van der Waals surface area contributed by atoms with Gasteiger partial charge >= 0.3 is 0 Å². The van der Waals surface area contributed by atoms with Crippen LogP contribution >= 0.6 is 0 Å². The van der Waals surface area contributed by atoms with Gasteiger partial charge in [0.2, 0.25) is 0 Å². The lowest BCUT2D eigenvalue weighted by Crippen LogP contribution is -2.44. The molecule has 4 nitrogen and oxygen atoms in total. The molecule has 0 aromatic heterocycles. The standard InChI is InChI=1S/C25H31NO3/c1-16-17-6-5-11-25(16,2)22-13-19(8-7-18(22)12-17)24(27)26-15-20-9-10-21(28-3)14-23(20)29-4/h7-10,13-14,16-17H,5-6,11-12,15H2,1-4H3,(H,26,27)/t16-,17+,25+/m0/s1. The van der Waals surface area contributed by atoms with E-state index in [9.17, 15) is 4.79 Å². The van der Waals surface area contributed by atoms with E-state index in [1.165, 1.54) is 30.4 Å². The molecule has 3 atom stereocenters. The normalized spacial score (nSPS) is 25.1. The summed E-state index contributed by atoms with van der Waals surface area (Å²) < 4.78 is 10.7. The van der Waals surface area contributed by atoms with Crippen molar-refractivity contribution in [2.45, 2.75) is 51.5 Å². The largest absolute Gasteiger partial charge is 0.497 e. The number of amides is 1. The summed E-state index contributed by atoms with van der Waals surface area (Å²) in [6.07, 6.45) is 4.99. The van der Waals surface area contributed by atoms with Crippen LogP contribution in [0.5, 0.6) is 11.5 Å². The molecule has 4 heteroatoms. The number of methoxy groups -OCH3 is 2. The first kappa shape index (κ1) is 19.8. The zero-order valence-electron chi connectivity index (χ0n) is 17.9. The third-order valence-electron chi connectivity index (χ3n) is 7.39. The van der Waals surface area contributed by atoms with Crippen molar-refractivity contribution < 1.29 is 14.3 Å². The Morgan fingerprint density at radius 3 is 2.76 bits per heavy atom. The summed E-state index contributed by atoms with van der Waals surface area (Å²) in [6.45, 7) is 5.21. The second kappa shape index (κ2) is 7.74. The molecule has 1 amide bonds. The van der Waals surface area contributed by atoms with Gasteiger partial charge in [-0.1, -0.05) is 26.3 Å². The van der Waals surface area contributed by atoms with Crippen molar-refractivity contribution in [2.75, 3.05) is 14.2 Å². The Morgan fingerprint density at radius 1 is 1.17 bits per heavy atom. The van der Waals surface area contributed by atoms with E-state index < -0.39 is 0 Å². The molecule has 2 bridgehead atoms. The molecular weight excluding hydrogens is 362 g/mol. The summed E-state index contributed by atoms with van der Waals surface area (Å²) >= 11 is 0. The summed E-state index contributed by atoms with van der Waals surface area (Å²) in [7, 11) is 3.26. The molecule has 4 rings (SSSR count). The fourth-order valence-electron chi connectivity index (χ4n) is 5.37. The Bertz CT molecular complexity index is 922. The van der Waals surface area contributed by atoms with E-state index in [0.29, 0.717) is 18.2 Å². The molecule has 2 aliphatic carbocycles. The van der Waals surface area contributed by atoms with Crippen molar-refractivity contribution in [1.29, 1.82) is 0 Å². The minimum atomic E-state index is -0.0418. The van der Waals surface area contributed by atoms with Gasteiger partial charge in [-0.25, -0.2) is 0 Å². The van der Waals surface area contributed by atoms with Gasteiger partial charge in [-0.05, 0) is 71.9 Å². The first-order valence-corrected chi connectivity index (χ1v) is 10.6. The molecule has 0 saturated heterocycles. The van der Waals surface area contributed by atoms with E-state index in [2.05, 4.69) is 31.3 Å². The van der Waals surface area contributed by atoms with Gasteiger partial charge in [0.1, 0.15) is 11.5 Å². The Morgan fingerprint density at radius 2 is 2.00 bits per heavy atom. The molecule has 0 radical (unpaired) electrons. The third-order valence-corrected chi connectivity index (χ3v) is 7.39. The Hall–Kier alpha value is -2.49. The first-order chi connectivity index (χ1) is 14.0. The smallest absolute Gasteiger partial charge is 0.251 e. The predicted molar refractivity (Wildman–Crippen MR) is 115 cm³/mol. The molecule has 1 fully saturated rings. The van der Waals surface area contributed by atoms with Crippen molar-refractivity contribution in [2.24, 2.45) is 11.8 Å². The number of rotatable bonds is 5. The lowest BCUT2D eigenvalue weighted by molar-refractivity contribution is 0.0949. The fraction of sp³-hybridized carbons (Fsp3) is 0.480. The molecule has 0 unspecified atom stereocenters. The van der Waals surface area contributed by atoms with Gasteiger partial charge in [-0.2, -0.15) is 0 Å². The van der Waals surface area contributed by atoms with Gasteiger partial charge in [-0.3, -0.25) is 4.79 Å². The van der Waals surface area contributed by atoms with Crippen LogP contribution in [-0.2, 0) is 18.4 Å². The molecule has 2 aromatic carbocycles. The number of benzene rings is 2. The maximum atomic E-state index is 12.9. The lowest BCUT2D eigenvalue weighted by atomic mass is 9.54. The number of fused-ring (bicyclic) bond motifs is 4. The zero-order valence-corrected chi connectivity index (χ0v) is 17.9. The van der Waals surface area contributed by atoms with Gasteiger partial charge in [0.05, 0.1) is 14.2 Å². The van der Waals surface area contributed by atoms with E-state index in [4.69, 9.17) is 9.47 Å². The number of carbonyl (C=O) groups is 1. The Labute approximate surface area is 173 Å². The van der Waals surface area contributed by atoms with Gasteiger partial charge in [0.15, 0.2) is 0 Å². The van der Waals surface area contributed by atoms with Crippen molar-refractivity contribution in [1.82, 2.24) is 5.32 Å². The average molecular weight is 394 g/mol. The van der Waals surface area contributed by atoms with Crippen LogP contribution in [-0.4, -0.2) is 20.1 Å². The molecule has 1 N–H and O–H groups in total. The van der Waals surface area contributed by atoms with Crippen molar-refractivity contribution in [3.05, 3.63) is 58.7 Å². The zero-order chi connectivity index (χ0) is 20.6. The highest BCUT2D eigenvalue weighted by molar-refractivity contribution is 5.94. The maximum absolute atomic E-state index is 12.9. The number of ether oxygens (including phenoxy) is 2. The maximum Gasteiger partial charge on any atom is 0.251 e. The van der Waals surface area contributed by atoms with Crippen LogP contribution in [0.3, 0.4) is 0 Å². The van der Waals surface area contributed by atoms with E-state index in [0.717, 1.165) is 29.2 Å². The monoisotopic (exact) mass is 393 g/mol. The molecule has 0 aliphatic heterocycles. The SMILES string of the molecule is COc1ccc(CNC(=O)c2ccc3c(c2)[C@]2(C)CCC[C@H](C3)[C@@H]2C)c(OC)c1. The third kappa shape index (κ3) is 3.50. The van der Waals surface area contributed by atoms with E-state index >= 15 is 0 Å². The molecule has 0 heterocycles. The molecule has 2 aromatic rings. The molecular formula is C25H31NO3. The van der Waals surface area contributed by atoms with Crippen molar-refractivity contribution >= 4 is 5.91 Å². The fourth-order valence-corrected chi connectivity index (χ4v) is 5.37. The summed E-state index contributed by atoms with van der Waals surface area (Å²) in [6, 6.07) is 11.9. The minimum absolute atomic E-state index is 0.0418. The number of carbonyl (C=O) groups excluding carboxylic acids is 1. The summed E-state index contributed by atoms with van der Waals surface area (Å²) in [4.78, 5) is 12.9. The average Bonchev–Trinajstić information content (AvgIpc) is 2.74. The van der Waals surface area contributed by atoms with Crippen LogP contribution in [0.15, 0.2) is 36.4 Å². The lowest BCUT2D eigenvalue weighted by Gasteiger charge is -2.50. The van der Waals surface area contributed by atoms with Crippen LogP contribution in [0.2, 0.25) is 0 Å². The van der Waals surface area contributed by atoms with Gasteiger partial charge in [-0.15, -0.1) is 0 Å². The van der Waals surface area contributed by atoms with E-state index in [1.54, 1.807) is 14.2 Å². The van der Waals surface area contributed by atoms with Gasteiger partial charge < -0.3 is 14.8 Å². The summed E-state index contributed by atoms with van der Waals surface area (Å²) in [5, 5.41) is 3.05. The molecule has 2 aliphatic rings. The minimum Gasteiger partial charge on any atom is -0.497 e. The summed E-state index contributed by atoms with van der Waals surface area (Å²) in [5.41, 5.74) is 4.68. The molecule has 29 heavy (non-hydrogen) atoms. The van der Waals surface area contributed by atoms with E-state index in [1.807, 2.05) is 24.3 Å². The molecule has 154 valence electrons. The van der Waals surface area contributed by atoms with Crippen LogP contribution in [0.25, 0.3) is 0 Å². The topological polar surface area (TPSA) is 47.6 Å². The second-order valence-electron chi connectivity index (χ2n) is 8.79. The highest BCUT2D eigenvalue weighted by Gasteiger charge is 2.45. The number of hydrogen-bond donors (Lipinski definition) is 1.